The Kier molecular flexibility index (Phi) is 4.83. The van der Waals surface area contributed by atoms with E-state index in [0.29, 0.717) is 30.3 Å². The summed E-state index contributed by atoms with van der Waals surface area (Å²) in [6.07, 6.45) is 3.43. The minimum atomic E-state index is 0.0643. The molecule has 0 radical (unpaired) electrons. The number of nitrogens with zero attached hydrogens (tertiary/aromatic N) is 4. The second kappa shape index (κ2) is 7.02. The molecule has 1 aromatic carbocycles. The summed E-state index contributed by atoms with van der Waals surface area (Å²) in [7, 11) is 1.61. The number of carbonyl (C=O) groups excluding carboxylic acids is 1. The molecule has 1 aliphatic rings. The maximum absolute atomic E-state index is 12.5. The van der Waals surface area contributed by atoms with Gasteiger partial charge in [0.15, 0.2) is 0 Å². The van der Waals surface area contributed by atoms with E-state index >= 15 is 0 Å². The van der Waals surface area contributed by atoms with Gasteiger partial charge in [-0.1, -0.05) is 11.6 Å². The molecule has 23 heavy (non-hydrogen) atoms. The van der Waals surface area contributed by atoms with E-state index in [1.54, 1.807) is 31.6 Å². The number of aromatic nitrogens is 2. The summed E-state index contributed by atoms with van der Waals surface area (Å²) in [6, 6.07) is 7.23. The molecule has 0 N–H and O–H groups in total. The van der Waals surface area contributed by atoms with Gasteiger partial charge in [0.2, 0.25) is 0 Å². The average molecular weight is 335 g/mol. The Morgan fingerprint density at radius 3 is 2.48 bits per heavy atom. The fraction of sp³-hybridized carbons (Fsp3) is 0.375. The normalized spacial score (nSPS) is 15.7. The van der Waals surface area contributed by atoms with Gasteiger partial charge in [-0.2, -0.15) is 5.10 Å². The Hall–Kier alpha value is -2.05. The molecule has 2 heterocycles. The fourth-order valence-corrected chi connectivity index (χ4v) is 2.79. The van der Waals surface area contributed by atoms with Crippen molar-refractivity contribution in [1.29, 1.82) is 0 Å². The second-order valence-corrected chi connectivity index (χ2v) is 5.91. The van der Waals surface area contributed by atoms with E-state index in [-0.39, 0.29) is 5.91 Å². The van der Waals surface area contributed by atoms with E-state index in [0.717, 1.165) is 18.8 Å². The van der Waals surface area contributed by atoms with Crippen LogP contribution in [0.25, 0.3) is 0 Å². The zero-order chi connectivity index (χ0) is 16.2. The topological polar surface area (TPSA) is 50.6 Å². The van der Waals surface area contributed by atoms with Gasteiger partial charge in [-0.15, -0.1) is 0 Å². The predicted molar refractivity (Wildman–Crippen MR) is 87.7 cm³/mol. The van der Waals surface area contributed by atoms with Crippen LogP contribution in [0.5, 0.6) is 5.75 Å². The summed E-state index contributed by atoms with van der Waals surface area (Å²) in [5.41, 5.74) is 0.693. The van der Waals surface area contributed by atoms with E-state index in [1.165, 1.54) is 0 Å². The summed E-state index contributed by atoms with van der Waals surface area (Å²) in [6.45, 7) is 3.75. The minimum absolute atomic E-state index is 0.0643. The number of rotatable bonds is 4. The molecular formula is C16H19ClN4O2. The zero-order valence-electron chi connectivity index (χ0n) is 13.0. The van der Waals surface area contributed by atoms with Crippen molar-refractivity contribution < 1.29 is 9.53 Å². The molecule has 0 unspecified atom stereocenters. The Bertz CT molecular complexity index is 663. The molecule has 1 amide bonds. The molecule has 0 aliphatic carbocycles. The molecule has 1 aliphatic heterocycles. The van der Waals surface area contributed by atoms with E-state index < -0.39 is 0 Å². The smallest absolute Gasteiger partial charge is 0.253 e. The fourth-order valence-electron chi connectivity index (χ4n) is 2.63. The van der Waals surface area contributed by atoms with Crippen LogP contribution in [0.3, 0.4) is 0 Å². The van der Waals surface area contributed by atoms with Gasteiger partial charge in [-0.3, -0.25) is 14.4 Å². The molecule has 0 bridgehead atoms. The van der Waals surface area contributed by atoms with Gasteiger partial charge in [-0.25, -0.2) is 0 Å². The van der Waals surface area contributed by atoms with Gasteiger partial charge >= 0.3 is 0 Å². The van der Waals surface area contributed by atoms with E-state index in [9.17, 15) is 4.79 Å². The first-order valence-electron chi connectivity index (χ1n) is 7.49. The SMILES string of the molecule is COc1ccc(C(=O)N2CCN(Cn3cc(Cl)cn3)CC2)cc1. The Morgan fingerprint density at radius 1 is 1.22 bits per heavy atom. The monoisotopic (exact) mass is 334 g/mol. The highest BCUT2D eigenvalue weighted by Crippen LogP contribution is 2.14. The van der Waals surface area contributed by atoms with Crippen molar-refractivity contribution in [2.45, 2.75) is 6.67 Å². The Labute approximate surface area is 140 Å². The third-order valence-corrected chi connectivity index (χ3v) is 4.14. The maximum Gasteiger partial charge on any atom is 0.253 e. The number of benzene rings is 1. The quantitative estimate of drug-likeness (QED) is 0.857. The molecule has 3 rings (SSSR count). The number of piperazine rings is 1. The lowest BCUT2D eigenvalue weighted by Gasteiger charge is -2.34. The molecule has 6 nitrogen and oxygen atoms in total. The standard InChI is InChI=1S/C16H19ClN4O2/c1-23-15-4-2-13(3-5-15)16(22)20-8-6-19(7-9-20)12-21-11-14(17)10-18-21/h2-5,10-11H,6-9,12H2,1H3. The van der Waals surface area contributed by atoms with Crippen LogP contribution in [0.1, 0.15) is 10.4 Å². The minimum Gasteiger partial charge on any atom is -0.497 e. The number of methoxy groups -OCH3 is 1. The van der Waals surface area contributed by atoms with Crippen LogP contribution >= 0.6 is 11.6 Å². The summed E-state index contributed by atoms with van der Waals surface area (Å²) >= 11 is 5.87. The van der Waals surface area contributed by atoms with Crippen molar-refractivity contribution in [3.05, 3.63) is 47.2 Å². The number of carbonyl (C=O) groups is 1. The highest BCUT2D eigenvalue weighted by molar-refractivity contribution is 6.30. The number of amides is 1. The number of hydrogen-bond acceptors (Lipinski definition) is 4. The summed E-state index contributed by atoms with van der Waals surface area (Å²) in [4.78, 5) is 16.6. The lowest BCUT2D eigenvalue weighted by atomic mass is 10.1. The van der Waals surface area contributed by atoms with Crippen LogP contribution in [0, 0.1) is 0 Å². The van der Waals surface area contributed by atoms with Gasteiger partial charge < -0.3 is 9.64 Å². The molecule has 1 fully saturated rings. The lowest BCUT2D eigenvalue weighted by Crippen LogP contribution is -2.49. The number of halogens is 1. The van der Waals surface area contributed by atoms with Crippen molar-refractivity contribution in [3.63, 3.8) is 0 Å². The predicted octanol–water partition coefficient (Wildman–Crippen LogP) is 1.96. The maximum atomic E-state index is 12.5. The Balaban J connectivity index is 1.54. The third-order valence-electron chi connectivity index (χ3n) is 3.94. The van der Waals surface area contributed by atoms with Crippen LogP contribution < -0.4 is 4.74 Å². The lowest BCUT2D eigenvalue weighted by molar-refractivity contribution is 0.0586. The number of ether oxygens (including phenoxy) is 1. The molecular weight excluding hydrogens is 316 g/mol. The summed E-state index contributed by atoms with van der Waals surface area (Å²) in [5, 5.41) is 4.82. The van der Waals surface area contributed by atoms with Crippen molar-refractivity contribution in [1.82, 2.24) is 19.6 Å². The van der Waals surface area contributed by atoms with Crippen molar-refractivity contribution >= 4 is 17.5 Å². The van der Waals surface area contributed by atoms with Gasteiger partial charge in [0, 0.05) is 37.9 Å². The number of hydrogen-bond donors (Lipinski definition) is 0. The molecule has 0 saturated carbocycles. The van der Waals surface area contributed by atoms with Crippen molar-refractivity contribution in [2.75, 3.05) is 33.3 Å². The van der Waals surface area contributed by atoms with Crippen molar-refractivity contribution in [2.24, 2.45) is 0 Å². The molecule has 0 atom stereocenters. The molecule has 0 spiro atoms. The Morgan fingerprint density at radius 2 is 1.91 bits per heavy atom. The zero-order valence-corrected chi connectivity index (χ0v) is 13.7. The van der Waals surface area contributed by atoms with Crippen LogP contribution in [0.15, 0.2) is 36.7 Å². The van der Waals surface area contributed by atoms with E-state index in [2.05, 4.69) is 10.00 Å². The molecule has 1 aromatic heterocycles. The third kappa shape index (κ3) is 3.83. The average Bonchev–Trinajstić information content (AvgIpc) is 3.00. The molecule has 7 heteroatoms. The first kappa shape index (κ1) is 15.8. The van der Waals surface area contributed by atoms with Crippen molar-refractivity contribution in [3.8, 4) is 5.75 Å². The van der Waals surface area contributed by atoms with Crippen LogP contribution in [0.2, 0.25) is 5.02 Å². The van der Waals surface area contributed by atoms with Gasteiger partial charge in [0.05, 0.1) is 25.0 Å². The molecule has 122 valence electrons. The largest absolute Gasteiger partial charge is 0.497 e. The van der Waals surface area contributed by atoms with Gasteiger partial charge in [0.1, 0.15) is 5.75 Å². The van der Waals surface area contributed by atoms with Gasteiger partial charge in [-0.05, 0) is 24.3 Å². The van der Waals surface area contributed by atoms with E-state index in [1.807, 2.05) is 21.7 Å². The second-order valence-electron chi connectivity index (χ2n) is 5.48. The van der Waals surface area contributed by atoms with Gasteiger partial charge in [0.25, 0.3) is 5.91 Å². The first-order chi connectivity index (χ1) is 11.2. The van der Waals surface area contributed by atoms with Crippen LogP contribution in [-0.2, 0) is 6.67 Å². The highest BCUT2D eigenvalue weighted by atomic mass is 35.5. The van der Waals surface area contributed by atoms with E-state index in [4.69, 9.17) is 16.3 Å². The van der Waals surface area contributed by atoms with Crippen LogP contribution in [-0.4, -0.2) is 58.8 Å². The summed E-state index contributed by atoms with van der Waals surface area (Å²) in [5.74, 6) is 0.818. The summed E-state index contributed by atoms with van der Waals surface area (Å²) < 4.78 is 6.93. The molecule has 1 saturated heterocycles. The van der Waals surface area contributed by atoms with Crippen LogP contribution in [0.4, 0.5) is 0 Å². The molecule has 2 aromatic rings. The first-order valence-corrected chi connectivity index (χ1v) is 7.87. The highest BCUT2D eigenvalue weighted by Gasteiger charge is 2.22.